The quantitative estimate of drug-likeness (QED) is 0.847. The van der Waals surface area contributed by atoms with Gasteiger partial charge in [-0.25, -0.2) is 9.66 Å². The lowest BCUT2D eigenvalue weighted by atomic mass is 10.1. The first-order valence-corrected chi connectivity index (χ1v) is 9.49. The van der Waals surface area contributed by atoms with Crippen molar-refractivity contribution in [3.63, 3.8) is 0 Å². The van der Waals surface area contributed by atoms with E-state index in [4.69, 9.17) is 0 Å². The molecule has 1 aromatic heterocycles. The van der Waals surface area contributed by atoms with Gasteiger partial charge in [0, 0.05) is 10.4 Å². The fraction of sp³-hybridized carbons (Fsp3) is 0.500. The number of nitrogens with zero attached hydrogens (tertiary/aromatic N) is 3. The van der Waals surface area contributed by atoms with Crippen molar-refractivity contribution in [2.45, 2.75) is 39.0 Å². The van der Waals surface area contributed by atoms with Crippen LogP contribution >= 0.6 is 15.9 Å². The smallest absolute Gasteiger partial charge is 0.280 e. The van der Waals surface area contributed by atoms with Gasteiger partial charge in [0.05, 0.1) is 17.4 Å². The molecule has 0 saturated carbocycles. The molecule has 0 atom stereocenters. The molecule has 6 nitrogen and oxygen atoms in total. The molecule has 0 aliphatic carbocycles. The minimum absolute atomic E-state index is 0.0102. The van der Waals surface area contributed by atoms with E-state index in [0.29, 0.717) is 23.3 Å². The van der Waals surface area contributed by atoms with E-state index < -0.39 is 0 Å². The summed E-state index contributed by atoms with van der Waals surface area (Å²) in [6, 6.07) is 5.41. The molecule has 1 aliphatic heterocycles. The molecular weight excluding hydrogens is 384 g/mol. The van der Waals surface area contributed by atoms with Crippen LogP contribution in [0.3, 0.4) is 0 Å². The molecule has 1 aliphatic rings. The van der Waals surface area contributed by atoms with E-state index in [1.54, 1.807) is 6.07 Å². The molecule has 7 heteroatoms. The van der Waals surface area contributed by atoms with Crippen LogP contribution in [-0.4, -0.2) is 40.1 Å². The molecule has 2 aromatic rings. The molecule has 1 amide bonds. The van der Waals surface area contributed by atoms with Gasteiger partial charge in [0.1, 0.15) is 5.82 Å². The maximum atomic E-state index is 12.9. The summed E-state index contributed by atoms with van der Waals surface area (Å²) in [5.41, 5.74) is 3.15. The van der Waals surface area contributed by atoms with Crippen molar-refractivity contribution in [1.82, 2.24) is 14.6 Å². The summed E-state index contributed by atoms with van der Waals surface area (Å²) in [4.78, 5) is 32.1. The molecular formula is C18H23BrN4O2. The van der Waals surface area contributed by atoms with E-state index in [2.05, 4.69) is 31.2 Å². The van der Waals surface area contributed by atoms with Gasteiger partial charge in [0.2, 0.25) is 0 Å². The summed E-state index contributed by atoms with van der Waals surface area (Å²) in [5.74, 6) is 0.393. The number of halogens is 1. The number of nitrogens with one attached hydrogen (secondary N) is 1. The average Bonchev–Trinajstić information content (AvgIpc) is 2.58. The third-order valence-corrected chi connectivity index (χ3v) is 4.92. The van der Waals surface area contributed by atoms with Crippen molar-refractivity contribution in [2.75, 3.05) is 25.1 Å². The standard InChI is InChI=1S/C18H23BrN4O2/c1-12(2)17-20-15-7-6-13(19)10-14(15)18(25)23(17)21-16(24)11-22-8-4-3-5-9-22/h6-7,10,12H,3-5,8-9,11H2,1-2H3,(H,21,24). The Labute approximate surface area is 155 Å². The second-order valence-corrected chi connectivity index (χ2v) is 7.71. The van der Waals surface area contributed by atoms with E-state index in [-0.39, 0.29) is 17.4 Å². The minimum atomic E-state index is -0.248. The Morgan fingerprint density at radius 3 is 2.68 bits per heavy atom. The molecule has 1 N–H and O–H groups in total. The van der Waals surface area contributed by atoms with Crippen molar-refractivity contribution in [3.05, 3.63) is 38.9 Å². The van der Waals surface area contributed by atoms with Crippen LogP contribution in [0.15, 0.2) is 27.5 Å². The third-order valence-electron chi connectivity index (χ3n) is 4.42. The fourth-order valence-electron chi connectivity index (χ4n) is 3.15. The minimum Gasteiger partial charge on any atom is -0.294 e. The molecule has 1 saturated heterocycles. The fourth-order valence-corrected chi connectivity index (χ4v) is 3.51. The van der Waals surface area contributed by atoms with Crippen molar-refractivity contribution in [1.29, 1.82) is 0 Å². The largest absolute Gasteiger partial charge is 0.294 e. The molecule has 0 bridgehead atoms. The van der Waals surface area contributed by atoms with Crippen molar-refractivity contribution < 1.29 is 4.79 Å². The summed E-state index contributed by atoms with van der Waals surface area (Å²) in [5, 5.41) is 0.483. The topological polar surface area (TPSA) is 67.2 Å². The Morgan fingerprint density at radius 2 is 2.00 bits per heavy atom. The predicted octanol–water partition coefficient (Wildman–Crippen LogP) is 2.84. The number of rotatable bonds is 4. The maximum Gasteiger partial charge on any atom is 0.280 e. The highest BCUT2D eigenvalue weighted by Crippen LogP contribution is 2.18. The predicted molar refractivity (Wildman–Crippen MR) is 102 cm³/mol. The highest BCUT2D eigenvalue weighted by Gasteiger charge is 2.18. The maximum absolute atomic E-state index is 12.9. The van der Waals surface area contributed by atoms with Crippen LogP contribution in [0.25, 0.3) is 10.9 Å². The lowest BCUT2D eigenvalue weighted by Gasteiger charge is -2.26. The average molecular weight is 407 g/mol. The number of likely N-dealkylation sites (tertiary alicyclic amines) is 1. The number of hydrogen-bond donors (Lipinski definition) is 1. The number of carbonyl (C=O) groups is 1. The molecule has 0 spiro atoms. The number of piperidine rings is 1. The van der Waals surface area contributed by atoms with E-state index >= 15 is 0 Å². The van der Waals surface area contributed by atoms with Crippen LogP contribution in [0.4, 0.5) is 0 Å². The summed E-state index contributed by atoms with van der Waals surface area (Å²) in [6.07, 6.45) is 3.46. The Balaban J connectivity index is 1.93. The van der Waals surface area contributed by atoms with Gasteiger partial charge in [-0.05, 0) is 44.1 Å². The summed E-state index contributed by atoms with van der Waals surface area (Å²) in [7, 11) is 0. The summed E-state index contributed by atoms with van der Waals surface area (Å²) >= 11 is 3.39. The zero-order valence-electron chi connectivity index (χ0n) is 14.6. The Kier molecular flexibility index (Phi) is 5.54. The molecule has 1 fully saturated rings. The summed E-state index contributed by atoms with van der Waals surface area (Å²) < 4.78 is 2.12. The molecule has 2 heterocycles. The first-order chi connectivity index (χ1) is 12.0. The van der Waals surface area contributed by atoms with E-state index in [1.807, 2.05) is 26.0 Å². The van der Waals surface area contributed by atoms with Crippen LogP contribution < -0.4 is 11.0 Å². The Hall–Kier alpha value is -1.73. The lowest BCUT2D eigenvalue weighted by Crippen LogP contribution is -2.43. The number of aromatic nitrogens is 2. The van der Waals surface area contributed by atoms with Crippen LogP contribution in [0.1, 0.15) is 44.9 Å². The molecule has 0 unspecified atom stereocenters. The van der Waals surface area contributed by atoms with E-state index in [9.17, 15) is 9.59 Å². The number of carbonyl (C=O) groups excluding carboxylic acids is 1. The van der Waals surface area contributed by atoms with E-state index in [0.717, 1.165) is 30.4 Å². The number of fused-ring (bicyclic) bond motifs is 1. The van der Waals surface area contributed by atoms with Gasteiger partial charge in [-0.2, -0.15) is 0 Å². The molecule has 1 aromatic carbocycles. The van der Waals surface area contributed by atoms with Gasteiger partial charge < -0.3 is 0 Å². The van der Waals surface area contributed by atoms with E-state index in [1.165, 1.54) is 11.1 Å². The second kappa shape index (κ2) is 7.66. The summed E-state index contributed by atoms with van der Waals surface area (Å²) in [6.45, 7) is 6.09. The zero-order chi connectivity index (χ0) is 18.0. The van der Waals surface area contributed by atoms with Gasteiger partial charge >= 0.3 is 0 Å². The second-order valence-electron chi connectivity index (χ2n) is 6.80. The van der Waals surface area contributed by atoms with Crippen LogP contribution in [-0.2, 0) is 4.79 Å². The van der Waals surface area contributed by atoms with Gasteiger partial charge in [-0.1, -0.05) is 36.2 Å². The number of hydrogen-bond acceptors (Lipinski definition) is 4. The van der Waals surface area contributed by atoms with Crippen molar-refractivity contribution in [2.24, 2.45) is 0 Å². The van der Waals surface area contributed by atoms with Crippen LogP contribution in [0.2, 0.25) is 0 Å². The highest BCUT2D eigenvalue weighted by molar-refractivity contribution is 9.10. The highest BCUT2D eigenvalue weighted by atomic mass is 79.9. The SMILES string of the molecule is CC(C)c1nc2ccc(Br)cc2c(=O)n1NC(=O)CN1CCCCC1. The Morgan fingerprint density at radius 1 is 1.28 bits per heavy atom. The van der Waals surface area contributed by atoms with Gasteiger partial charge in [0.25, 0.3) is 11.5 Å². The molecule has 0 radical (unpaired) electrons. The third kappa shape index (κ3) is 4.10. The van der Waals surface area contributed by atoms with Gasteiger partial charge in [0.15, 0.2) is 0 Å². The van der Waals surface area contributed by atoms with Crippen molar-refractivity contribution >= 4 is 32.7 Å². The van der Waals surface area contributed by atoms with Gasteiger partial charge in [-0.3, -0.25) is 19.9 Å². The molecule has 134 valence electrons. The monoisotopic (exact) mass is 406 g/mol. The molecule has 3 rings (SSSR count). The number of benzene rings is 1. The zero-order valence-corrected chi connectivity index (χ0v) is 16.2. The normalized spacial score (nSPS) is 15.7. The first-order valence-electron chi connectivity index (χ1n) is 8.70. The van der Waals surface area contributed by atoms with Crippen LogP contribution in [0, 0.1) is 0 Å². The van der Waals surface area contributed by atoms with Gasteiger partial charge in [-0.15, -0.1) is 0 Å². The van der Waals surface area contributed by atoms with Crippen molar-refractivity contribution in [3.8, 4) is 0 Å². The van der Waals surface area contributed by atoms with Crippen LogP contribution in [0.5, 0.6) is 0 Å². The lowest BCUT2D eigenvalue weighted by molar-refractivity contribution is -0.118. The Bertz CT molecular complexity index is 841. The molecule has 25 heavy (non-hydrogen) atoms. The number of amides is 1. The first kappa shape index (κ1) is 18.1.